The minimum Gasteiger partial charge on any atom is -0.379 e. The third-order valence-corrected chi connectivity index (χ3v) is 7.50. The summed E-state index contributed by atoms with van der Waals surface area (Å²) in [7, 11) is 0. The Hall–Kier alpha value is -2.41. The van der Waals surface area contributed by atoms with E-state index < -0.39 is 0 Å². The lowest BCUT2D eigenvalue weighted by Gasteiger charge is -2.32. The van der Waals surface area contributed by atoms with Crippen LogP contribution in [0.25, 0.3) is 16.6 Å². The summed E-state index contributed by atoms with van der Waals surface area (Å²) in [5.74, 6) is 0.761. The molecule has 5 rings (SSSR count). The number of hydrogen-bond acceptors (Lipinski definition) is 4. The van der Waals surface area contributed by atoms with E-state index in [-0.39, 0.29) is 0 Å². The van der Waals surface area contributed by atoms with Crippen LogP contribution in [0.4, 0.5) is 0 Å². The molecule has 6 nitrogen and oxygen atoms in total. The molecule has 180 valence electrons. The Bertz CT molecular complexity index is 1100. The highest BCUT2D eigenvalue weighted by Gasteiger charge is 2.26. The van der Waals surface area contributed by atoms with Crippen LogP contribution in [0.2, 0.25) is 5.02 Å². The molecule has 0 N–H and O–H groups in total. The second-order valence-electron chi connectivity index (χ2n) is 9.39. The van der Waals surface area contributed by atoms with Crippen molar-refractivity contribution in [3.8, 4) is 5.69 Å². The SMILES string of the molecule is O=C(CCCCN1CCOCC1)N1CCC(c2cn(-c3ccc(Cl)cc3)c3cnccc23)CC1. The largest absolute Gasteiger partial charge is 0.379 e. The average molecular weight is 481 g/mol. The van der Waals surface area contributed by atoms with Gasteiger partial charge >= 0.3 is 0 Å². The van der Waals surface area contributed by atoms with Crippen molar-refractivity contribution >= 4 is 28.4 Å². The first-order chi connectivity index (χ1) is 16.7. The zero-order chi connectivity index (χ0) is 23.3. The number of piperidine rings is 1. The molecule has 34 heavy (non-hydrogen) atoms. The molecule has 2 fully saturated rings. The lowest BCUT2D eigenvalue weighted by molar-refractivity contribution is -0.132. The summed E-state index contributed by atoms with van der Waals surface area (Å²) >= 11 is 6.10. The summed E-state index contributed by atoms with van der Waals surface area (Å²) in [6, 6.07) is 10.0. The second kappa shape index (κ2) is 10.9. The molecule has 0 aliphatic carbocycles. The van der Waals surface area contributed by atoms with E-state index in [1.165, 1.54) is 10.9 Å². The Kier molecular flexibility index (Phi) is 7.48. The van der Waals surface area contributed by atoms with Gasteiger partial charge in [0, 0.05) is 61.1 Å². The van der Waals surface area contributed by atoms with Gasteiger partial charge in [-0.3, -0.25) is 14.7 Å². The van der Waals surface area contributed by atoms with E-state index in [0.717, 1.165) is 87.8 Å². The van der Waals surface area contributed by atoms with E-state index in [1.54, 1.807) is 0 Å². The standard InChI is InChI=1S/C27H33ClN4O2/c28-22-4-6-23(7-5-22)32-20-25(24-8-11-29-19-26(24)32)21-9-13-31(14-10-21)27(33)3-1-2-12-30-15-17-34-18-16-30/h4-8,11,19-21H,1-3,9-10,12-18H2. The predicted octanol–water partition coefficient (Wildman–Crippen LogP) is 4.89. The molecule has 0 bridgehead atoms. The molecule has 7 heteroatoms. The maximum atomic E-state index is 12.8. The van der Waals surface area contributed by atoms with E-state index in [0.29, 0.717) is 18.2 Å². The van der Waals surface area contributed by atoms with Gasteiger partial charge in [0.25, 0.3) is 0 Å². The highest BCUT2D eigenvalue weighted by molar-refractivity contribution is 6.30. The van der Waals surface area contributed by atoms with E-state index in [4.69, 9.17) is 16.3 Å². The number of ether oxygens (including phenoxy) is 1. The summed E-state index contributed by atoms with van der Waals surface area (Å²) in [4.78, 5) is 21.7. The number of benzene rings is 1. The molecule has 1 amide bonds. The van der Waals surface area contributed by atoms with Crippen LogP contribution in [0.5, 0.6) is 0 Å². The number of halogens is 1. The van der Waals surface area contributed by atoms with Crippen molar-refractivity contribution in [2.45, 2.75) is 38.0 Å². The number of fused-ring (bicyclic) bond motifs is 1. The number of aromatic nitrogens is 2. The van der Waals surface area contributed by atoms with E-state index in [9.17, 15) is 4.79 Å². The van der Waals surface area contributed by atoms with Gasteiger partial charge in [-0.15, -0.1) is 0 Å². The number of carbonyl (C=O) groups is 1. The van der Waals surface area contributed by atoms with Crippen LogP contribution in [0.1, 0.15) is 43.6 Å². The number of unbranched alkanes of at least 4 members (excludes halogenated alkanes) is 1. The van der Waals surface area contributed by atoms with Crippen molar-refractivity contribution in [1.29, 1.82) is 0 Å². The Morgan fingerprint density at radius 3 is 2.56 bits per heavy atom. The summed E-state index contributed by atoms with van der Waals surface area (Å²) in [6.07, 6.45) is 10.8. The average Bonchev–Trinajstić information content (AvgIpc) is 3.27. The predicted molar refractivity (Wildman–Crippen MR) is 136 cm³/mol. The fourth-order valence-electron chi connectivity index (χ4n) is 5.28. The summed E-state index contributed by atoms with van der Waals surface area (Å²) in [6.45, 7) is 6.46. The number of amides is 1. The number of likely N-dealkylation sites (tertiary alicyclic amines) is 1. The molecular formula is C27H33ClN4O2. The molecule has 1 aromatic carbocycles. The van der Waals surface area contributed by atoms with Crippen LogP contribution in [0.15, 0.2) is 48.9 Å². The van der Waals surface area contributed by atoms with Crippen LogP contribution < -0.4 is 0 Å². The van der Waals surface area contributed by atoms with Gasteiger partial charge in [0.15, 0.2) is 0 Å². The van der Waals surface area contributed by atoms with Gasteiger partial charge in [0.2, 0.25) is 5.91 Å². The van der Waals surface area contributed by atoms with Gasteiger partial charge in [-0.05, 0) is 74.0 Å². The quantitative estimate of drug-likeness (QED) is 0.452. The first kappa shape index (κ1) is 23.3. The topological polar surface area (TPSA) is 50.6 Å². The number of pyridine rings is 1. The summed E-state index contributed by atoms with van der Waals surface area (Å²) in [5, 5.41) is 1.98. The fraction of sp³-hybridized carbons (Fsp3) is 0.481. The fourth-order valence-corrected chi connectivity index (χ4v) is 5.40. The highest BCUT2D eigenvalue weighted by atomic mass is 35.5. The zero-order valence-electron chi connectivity index (χ0n) is 19.7. The maximum absolute atomic E-state index is 12.8. The smallest absolute Gasteiger partial charge is 0.222 e. The van der Waals surface area contributed by atoms with Crippen LogP contribution >= 0.6 is 11.6 Å². The van der Waals surface area contributed by atoms with Crippen LogP contribution in [-0.4, -0.2) is 71.2 Å². The Labute approximate surface area is 206 Å². The van der Waals surface area contributed by atoms with E-state index in [1.807, 2.05) is 36.7 Å². The highest BCUT2D eigenvalue weighted by Crippen LogP contribution is 2.35. The third-order valence-electron chi connectivity index (χ3n) is 7.25. The molecule has 0 radical (unpaired) electrons. The molecule has 4 heterocycles. The molecule has 3 aromatic rings. The minimum absolute atomic E-state index is 0.313. The number of carbonyl (C=O) groups excluding carboxylic acids is 1. The molecule has 2 saturated heterocycles. The van der Waals surface area contributed by atoms with Crippen molar-refractivity contribution in [2.75, 3.05) is 45.9 Å². The van der Waals surface area contributed by atoms with Gasteiger partial charge in [-0.1, -0.05) is 11.6 Å². The van der Waals surface area contributed by atoms with E-state index >= 15 is 0 Å². The number of hydrogen-bond donors (Lipinski definition) is 0. The monoisotopic (exact) mass is 480 g/mol. The maximum Gasteiger partial charge on any atom is 0.222 e. The first-order valence-corrected chi connectivity index (χ1v) is 12.9. The zero-order valence-corrected chi connectivity index (χ0v) is 20.4. The lowest BCUT2D eigenvalue weighted by Crippen LogP contribution is -2.38. The van der Waals surface area contributed by atoms with Gasteiger partial charge in [-0.2, -0.15) is 0 Å². The van der Waals surface area contributed by atoms with Gasteiger partial charge in [0.1, 0.15) is 0 Å². The van der Waals surface area contributed by atoms with E-state index in [2.05, 4.69) is 31.6 Å². The van der Waals surface area contributed by atoms with Gasteiger partial charge < -0.3 is 14.2 Å². The molecule has 2 aliphatic rings. The van der Waals surface area contributed by atoms with Crippen molar-refractivity contribution in [3.05, 3.63) is 59.5 Å². The molecule has 2 aliphatic heterocycles. The van der Waals surface area contributed by atoms with Crippen LogP contribution in [0, 0.1) is 0 Å². The molecular weight excluding hydrogens is 448 g/mol. The minimum atomic E-state index is 0.313. The molecule has 0 spiro atoms. The number of morpholine rings is 1. The summed E-state index contributed by atoms with van der Waals surface area (Å²) < 4.78 is 7.61. The van der Waals surface area contributed by atoms with Crippen molar-refractivity contribution in [2.24, 2.45) is 0 Å². The molecule has 0 saturated carbocycles. The van der Waals surface area contributed by atoms with Crippen LogP contribution in [-0.2, 0) is 9.53 Å². The number of rotatable bonds is 7. The molecule has 2 aromatic heterocycles. The van der Waals surface area contributed by atoms with Crippen molar-refractivity contribution in [1.82, 2.24) is 19.4 Å². The molecule has 0 atom stereocenters. The Morgan fingerprint density at radius 1 is 1.03 bits per heavy atom. The van der Waals surface area contributed by atoms with Crippen molar-refractivity contribution in [3.63, 3.8) is 0 Å². The second-order valence-corrected chi connectivity index (χ2v) is 9.83. The van der Waals surface area contributed by atoms with Crippen LogP contribution in [0.3, 0.4) is 0 Å². The van der Waals surface area contributed by atoms with Gasteiger partial charge in [-0.25, -0.2) is 0 Å². The summed E-state index contributed by atoms with van der Waals surface area (Å²) in [5.41, 5.74) is 3.54. The normalized spacial score (nSPS) is 18.0. The Morgan fingerprint density at radius 2 is 1.79 bits per heavy atom. The molecule has 0 unspecified atom stereocenters. The Balaban J connectivity index is 1.18. The van der Waals surface area contributed by atoms with Gasteiger partial charge in [0.05, 0.1) is 24.9 Å². The lowest BCUT2D eigenvalue weighted by atomic mass is 9.89. The number of nitrogens with zero attached hydrogens (tertiary/aromatic N) is 4. The third kappa shape index (κ3) is 5.29. The van der Waals surface area contributed by atoms with Crippen molar-refractivity contribution < 1.29 is 9.53 Å². The first-order valence-electron chi connectivity index (χ1n) is 12.5.